The molecule has 1 aliphatic heterocycles. The van der Waals surface area contributed by atoms with Gasteiger partial charge in [-0.2, -0.15) is 0 Å². The van der Waals surface area contributed by atoms with Crippen molar-refractivity contribution < 1.29 is 4.79 Å². The molecule has 1 aliphatic carbocycles. The highest BCUT2D eigenvalue weighted by Gasteiger charge is 2.34. The molecule has 2 nitrogen and oxygen atoms in total. The van der Waals surface area contributed by atoms with Crippen LogP contribution in [0.15, 0.2) is 0 Å². The van der Waals surface area contributed by atoms with Crippen molar-refractivity contribution in [1.29, 1.82) is 0 Å². The highest BCUT2D eigenvalue weighted by Crippen LogP contribution is 2.32. The maximum Gasteiger partial charge on any atom is 0.225 e. The Hall–Kier alpha value is -0.530. The van der Waals surface area contributed by atoms with E-state index in [1.165, 1.54) is 19.3 Å². The second-order valence-electron chi connectivity index (χ2n) is 4.48. The summed E-state index contributed by atoms with van der Waals surface area (Å²) in [4.78, 5) is 13.9. The van der Waals surface area contributed by atoms with Gasteiger partial charge >= 0.3 is 0 Å². The Bertz CT molecular complexity index is 198. The molecule has 13 heavy (non-hydrogen) atoms. The highest BCUT2D eigenvalue weighted by molar-refractivity contribution is 5.81. The molecular formula is C11H19NO. The Morgan fingerprint density at radius 2 is 2.15 bits per heavy atom. The first-order chi connectivity index (χ1) is 6.31. The van der Waals surface area contributed by atoms with Crippen LogP contribution in [-0.4, -0.2) is 23.9 Å². The number of carbonyl (C=O) groups is 1. The Morgan fingerprint density at radius 3 is 2.77 bits per heavy atom. The number of hydrogen-bond acceptors (Lipinski definition) is 1. The molecule has 0 radical (unpaired) electrons. The first-order valence-corrected chi connectivity index (χ1v) is 5.60. The predicted molar refractivity (Wildman–Crippen MR) is 52.3 cm³/mol. The lowest BCUT2D eigenvalue weighted by Crippen LogP contribution is -2.40. The molecule has 0 bridgehead atoms. The van der Waals surface area contributed by atoms with Gasteiger partial charge < -0.3 is 4.90 Å². The normalized spacial score (nSPS) is 29.0. The van der Waals surface area contributed by atoms with E-state index >= 15 is 0 Å². The van der Waals surface area contributed by atoms with Gasteiger partial charge in [-0.25, -0.2) is 0 Å². The number of rotatable bonds is 2. The summed E-state index contributed by atoms with van der Waals surface area (Å²) in [5, 5.41) is 0. The van der Waals surface area contributed by atoms with Crippen molar-refractivity contribution in [2.45, 2.75) is 39.0 Å². The Balaban J connectivity index is 1.87. The molecule has 0 aromatic heterocycles. The van der Waals surface area contributed by atoms with Crippen molar-refractivity contribution in [2.24, 2.45) is 11.8 Å². The van der Waals surface area contributed by atoms with E-state index in [0.717, 1.165) is 31.8 Å². The van der Waals surface area contributed by atoms with Crippen LogP contribution in [-0.2, 0) is 4.79 Å². The minimum absolute atomic E-state index is 0.413. The summed E-state index contributed by atoms with van der Waals surface area (Å²) in [7, 11) is 0. The van der Waals surface area contributed by atoms with Crippen molar-refractivity contribution in [2.75, 3.05) is 13.1 Å². The van der Waals surface area contributed by atoms with E-state index in [-0.39, 0.29) is 0 Å². The van der Waals surface area contributed by atoms with Gasteiger partial charge in [-0.1, -0.05) is 13.3 Å². The average Bonchev–Trinajstić information content (AvgIpc) is 3.00. The first-order valence-electron chi connectivity index (χ1n) is 5.60. The molecule has 1 amide bonds. The average molecular weight is 181 g/mol. The summed E-state index contributed by atoms with van der Waals surface area (Å²) < 4.78 is 0. The summed E-state index contributed by atoms with van der Waals surface area (Å²) >= 11 is 0. The lowest BCUT2D eigenvalue weighted by molar-refractivity contribution is -0.134. The standard InChI is InChI=1S/C11H19NO/c1-2-9-4-3-7-12(8-9)11(13)10-5-6-10/h9-10H,2-8H2,1H3. The topological polar surface area (TPSA) is 20.3 Å². The molecule has 2 heteroatoms. The third-order valence-corrected chi connectivity index (χ3v) is 3.33. The van der Waals surface area contributed by atoms with Crippen molar-refractivity contribution in [3.63, 3.8) is 0 Å². The molecule has 74 valence electrons. The van der Waals surface area contributed by atoms with Gasteiger partial charge in [-0.15, -0.1) is 0 Å². The minimum atomic E-state index is 0.413. The lowest BCUT2D eigenvalue weighted by Gasteiger charge is -2.32. The molecule has 0 aromatic carbocycles. The van der Waals surface area contributed by atoms with Crippen LogP contribution in [0.25, 0.3) is 0 Å². The van der Waals surface area contributed by atoms with Crippen LogP contribution in [0.1, 0.15) is 39.0 Å². The molecule has 0 aromatic rings. The van der Waals surface area contributed by atoms with Crippen LogP contribution in [0.3, 0.4) is 0 Å². The zero-order chi connectivity index (χ0) is 9.26. The van der Waals surface area contributed by atoms with Crippen LogP contribution in [0.5, 0.6) is 0 Å². The number of piperidine rings is 1. The summed E-state index contributed by atoms with van der Waals surface area (Å²) in [5.74, 6) is 1.63. The molecule has 1 saturated carbocycles. The zero-order valence-corrected chi connectivity index (χ0v) is 8.46. The van der Waals surface area contributed by atoms with Crippen LogP contribution in [0, 0.1) is 11.8 Å². The Morgan fingerprint density at radius 1 is 1.38 bits per heavy atom. The molecule has 1 unspecified atom stereocenters. The predicted octanol–water partition coefficient (Wildman–Crippen LogP) is 2.04. The number of nitrogens with zero attached hydrogens (tertiary/aromatic N) is 1. The van der Waals surface area contributed by atoms with Crippen molar-refractivity contribution in [3.05, 3.63) is 0 Å². The molecular weight excluding hydrogens is 162 g/mol. The fourth-order valence-electron chi connectivity index (χ4n) is 2.19. The number of hydrogen-bond donors (Lipinski definition) is 0. The van der Waals surface area contributed by atoms with E-state index in [1.807, 2.05) is 0 Å². The van der Waals surface area contributed by atoms with Gasteiger partial charge in [0.1, 0.15) is 0 Å². The molecule has 1 atom stereocenters. The van der Waals surface area contributed by atoms with Gasteiger partial charge in [-0.3, -0.25) is 4.79 Å². The second kappa shape index (κ2) is 3.69. The third kappa shape index (κ3) is 2.04. The summed E-state index contributed by atoms with van der Waals surface area (Å²) in [6, 6.07) is 0. The van der Waals surface area contributed by atoms with Crippen LogP contribution >= 0.6 is 0 Å². The molecule has 2 fully saturated rings. The van der Waals surface area contributed by atoms with E-state index in [9.17, 15) is 4.79 Å². The summed E-state index contributed by atoms with van der Waals surface area (Å²) in [6.07, 6.45) is 6.06. The van der Waals surface area contributed by atoms with E-state index in [0.29, 0.717) is 11.8 Å². The summed E-state index contributed by atoms with van der Waals surface area (Å²) in [5.41, 5.74) is 0. The van der Waals surface area contributed by atoms with E-state index in [4.69, 9.17) is 0 Å². The number of likely N-dealkylation sites (tertiary alicyclic amines) is 1. The van der Waals surface area contributed by atoms with E-state index in [1.54, 1.807) is 0 Å². The van der Waals surface area contributed by atoms with Crippen molar-refractivity contribution in [1.82, 2.24) is 4.90 Å². The van der Waals surface area contributed by atoms with Crippen LogP contribution in [0.4, 0.5) is 0 Å². The first kappa shape index (κ1) is 9.04. The van der Waals surface area contributed by atoms with E-state index < -0.39 is 0 Å². The van der Waals surface area contributed by atoms with Gasteiger partial charge in [0.05, 0.1) is 0 Å². The molecule has 1 saturated heterocycles. The van der Waals surface area contributed by atoms with Gasteiger partial charge in [-0.05, 0) is 31.6 Å². The van der Waals surface area contributed by atoms with Crippen LogP contribution < -0.4 is 0 Å². The minimum Gasteiger partial charge on any atom is -0.342 e. The highest BCUT2D eigenvalue weighted by atomic mass is 16.2. The van der Waals surface area contributed by atoms with Gasteiger partial charge in [0, 0.05) is 19.0 Å². The second-order valence-corrected chi connectivity index (χ2v) is 4.48. The van der Waals surface area contributed by atoms with E-state index in [2.05, 4.69) is 11.8 Å². The number of amides is 1. The smallest absolute Gasteiger partial charge is 0.225 e. The molecule has 2 rings (SSSR count). The summed E-state index contributed by atoms with van der Waals surface area (Å²) in [6.45, 7) is 4.29. The maximum atomic E-state index is 11.7. The monoisotopic (exact) mass is 181 g/mol. The molecule has 0 N–H and O–H groups in total. The third-order valence-electron chi connectivity index (χ3n) is 3.33. The van der Waals surface area contributed by atoms with Crippen LogP contribution in [0.2, 0.25) is 0 Å². The maximum absolute atomic E-state index is 11.7. The molecule has 0 spiro atoms. The van der Waals surface area contributed by atoms with Crippen molar-refractivity contribution in [3.8, 4) is 0 Å². The van der Waals surface area contributed by atoms with Gasteiger partial charge in [0.25, 0.3) is 0 Å². The SMILES string of the molecule is CCC1CCCN(C(=O)C2CC2)C1. The quantitative estimate of drug-likeness (QED) is 0.638. The zero-order valence-electron chi connectivity index (χ0n) is 8.46. The lowest BCUT2D eigenvalue weighted by atomic mass is 9.95. The molecule has 1 heterocycles. The fraction of sp³-hybridized carbons (Fsp3) is 0.909. The van der Waals surface area contributed by atoms with Gasteiger partial charge in [0.2, 0.25) is 5.91 Å². The fourth-order valence-corrected chi connectivity index (χ4v) is 2.19. The Labute approximate surface area is 80.3 Å². The van der Waals surface area contributed by atoms with Crippen molar-refractivity contribution >= 4 is 5.91 Å². The molecule has 2 aliphatic rings. The Kier molecular flexibility index (Phi) is 2.56. The largest absolute Gasteiger partial charge is 0.342 e. The van der Waals surface area contributed by atoms with Gasteiger partial charge in [0.15, 0.2) is 0 Å². The number of carbonyl (C=O) groups excluding carboxylic acids is 1.